The average Bonchev–Trinajstić information content (AvgIpc) is 2.74. The van der Waals surface area contributed by atoms with E-state index in [-0.39, 0.29) is 11.5 Å². The van der Waals surface area contributed by atoms with Crippen LogP contribution in [0, 0.1) is 6.92 Å². The third-order valence-electron chi connectivity index (χ3n) is 3.04. The van der Waals surface area contributed by atoms with Gasteiger partial charge in [-0.2, -0.15) is 0 Å². The zero-order chi connectivity index (χ0) is 14.0. The summed E-state index contributed by atoms with van der Waals surface area (Å²) in [5, 5.41) is 9.34. The van der Waals surface area contributed by atoms with Crippen LogP contribution in [0.3, 0.4) is 0 Å². The number of aliphatic hydroxyl groups is 1. The number of carbonyl (C=O) groups excluding carboxylic acids is 1. The molecule has 0 bridgehead atoms. The van der Waals surface area contributed by atoms with Gasteiger partial charge in [0.15, 0.2) is 0 Å². The maximum absolute atomic E-state index is 11.8. The molecule has 0 radical (unpaired) electrons. The fourth-order valence-corrected chi connectivity index (χ4v) is 2.01. The minimum absolute atomic E-state index is 0.243. The number of rotatable bonds is 2. The lowest BCUT2D eigenvalue weighted by Gasteiger charge is -2.12. The van der Waals surface area contributed by atoms with Gasteiger partial charge in [-0.15, -0.1) is 0 Å². The molecule has 19 heavy (non-hydrogen) atoms. The SMILES string of the molecule is Cc1[nH]c(=O)[nH]c(=O)c1C=CC(=O)N1CCC(O)C1. The summed E-state index contributed by atoms with van der Waals surface area (Å²) in [4.78, 5) is 40.4. The van der Waals surface area contributed by atoms with E-state index in [9.17, 15) is 19.5 Å². The van der Waals surface area contributed by atoms with E-state index in [4.69, 9.17) is 0 Å². The highest BCUT2D eigenvalue weighted by molar-refractivity contribution is 5.92. The van der Waals surface area contributed by atoms with Crippen molar-refractivity contribution >= 4 is 12.0 Å². The fourth-order valence-electron chi connectivity index (χ4n) is 2.01. The van der Waals surface area contributed by atoms with Crippen LogP contribution in [0.25, 0.3) is 6.08 Å². The van der Waals surface area contributed by atoms with Gasteiger partial charge in [0, 0.05) is 24.9 Å². The van der Waals surface area contributed by atoms with Gasteiger partial charge in [0.05, 0.1) is 11.7 Å². The summed E-state index contributed by atoms with van der Waals surface area (Å²) in [5.74, 6) is -0.262. The van der Waals surface area contributed by atoms with Gasteiger partial charge in [-0.05, 0) is 19.4 Å². The van der Waals surface area contributed by atoms with E-state index in [1.54, 1.807) is 6.92 Å². The number of nitrogens with one attached hydrogen (secondary N) is 2. The highest BCUT2D eigenvalue weighted by Gasteiger charge is 2.22. The number of hydrogen-bond donors (Lipinski definition) is 3. The third-order valence-corrected chi connectivity index (χ3v) is 3.04. The second kappa shape index (κ2) is 5.23. The summed E-state index contributed by atoms with van der Waals surface area (Å²) in [5.41, 5.74) is -0.465. The lowest BCUT2D eigenvalue weighted by atomic mass is 10.2. The summed E-state index contributed by atoms with van der Waals surface area (Å²) >= 11 is 0. The number of nitrogens with zero attached hydrogens (tertiary/aromatic N) is 1. The van der Waals surface area contributed by atoms with Gasteiger partial charge < -0.3 is 15.0 Å². The number of aliphatic hydroxyl groups excluding tert-OH is 1. The number of aryl methyl sites for hydroxylation is 1. The van der Waals surface area contributed by atoms with E-state index >= 15 is 0 Å². The first kappa shape index (κ1) is 13.3. The summed E-state index contributed by atoms with van der Waals surface area (Å²) in [7, 11) is 0. The van der Waals surface area contributed by atoms with Crippen LogP contribution < -0.4 is 11.2 Å². The topological polar surface area (TPSA) is 106 Å². The molecule has 1 aliphatic heterocycles. The molecule has 3 N–H and O–H groups in total. The molecule has 0 spiro atoms. The van der Waals surface area contributed by atoms with Crippen LogP contribution in [0.2, 0.25) is 0 Å². The van der Waals surface area contributed by atoms with E-state index in [1.165, 1.54) is 17.1 Å². The molecule has 2 rings (SSSR count). The van der Waals surface area contributed by atoms with E-state index in [1.807, 2.05) is 0 Å². The van der Waals surface area contributed by atoms with Gasteiger partial charge in [-0.1, -0.05) is 0 Å². The molecule has 7 heteroatoms. The molecule has 1 amide bonds. The van der Waals surface area contributed by atoms with Crippen LogP contribution in [-0.2, 0) is 4.79 Å². The first-order chi connectivity index (χ1) is 8.97. The standard InChI is InChI=1S/C12H15N3O4/c1-7-9(11(18)14-12(19)13-7)2-3-10(17)15-5-4-8(16)6-15/h2-3,8,16H,4-6H2,1H3,(H2,13,14,18,19). The van der Waals surface area contributed by atoms with E-state index in [0.29, 0.717) is 25.2 Å². The number of likely N-dealkylation sites (tertiary alicyclic amines) is 1. The molecule has 1 fully saturated rings. The summed E-state index contributed by atoms with van der Waals surface area (Å²) < 4.78 is 0. The monoisotopic (exact) mass is 265 g/mol. The average molecular weight is 265 g/mol. The van der Waals surface area contributed by atoms with E-state index < -0.39 is 17.4 Å². The molecular weight excluding hydrogens is 250 g/mol. The summed E-state index contributed by atoms with van der Waals surface area (Å²) in [6.45, 7) is 2.40. The van der Waals surface area contributed by atoms with Crippen molar-refractivity contribution in [3.63, 3.8) is 0 Å². The summed E-state index contributed by atoms with van der Waals surface area (Å²) in [6.07, 6.45) is 2.73. The Kier molecular flexibility index (Phi) is 3.66. The van der Waals surface area contributed by atoms with Crippen LogP contribution >= 0.6 is 0 Å². The maximum Gasteiger partial charge on any atom is 0.325 e. The zero-order valence-electron chi connectivity index (χ0n) is 10.5. The predicted octanol–water partition coefficient (Wildman–Crippen LogP) is -1.02. The number of β-amino-alcohol motifs (C(OH)–C–C–N with tert-alkyl or cyclic N) is 1. The normalized spacial score (nSPS) is 19.3. The van der Waals surface area contributed by atoms with Gasteiger partial charge in [-0.3, -0.25) is 14.6 Å². The van der Waals surface area contributed by atoms with Gasteiger partial charge >= 0.3 is 5.69 Å². The second-order valence-electron chi connectivity index (χ2n) is 4.51. The molecule has 0 aliphatic carbocycles. The number of H-pyrrole nitrogens is 2. The minimum Gasteiger partial charge on any atom is -0.391 e. The van der Waals surface area contributed by atoms with Crippen molar-refractivity contribution in [3.05, 3.63) is 38.2 Å². The fraction of sp³-hybridized carbons (Fsp3) is 0.417. The molecular formula is C12H15N3O4. The Labute approximate surface area is 108 Å². The molecule has 1 aromatic rings. The Morgan fingerprint density at radius 1 is 1.42 bits per heavy atom. The van der Waals surface area contributed by atoms with Crippen molar-refractivity contribution < 1.29 is 9.90 Å². The van der Waals surface area contributed by atoms with Crippen molar-refractivity contribution in [1.82, 2.24) is 14.9 Å². The molecule has 1 aliphatic rings. The lowest BCUT2D eigenvalue weighted by Crippen LogP contribution is -2.28. The van der Waals surface area contributed by atoms with Crippen molar-refractivity contribution in [2.24, 2.45) is 0 Å². The molecule has 1 saturated heterocycles. The quantitative estimate of drug-likeness (QED) is 0.595. The van der Waals surface area contributed by atoms with Crippen LogP contribution in [-0.4, -0.2) is 45.1 Å². The molecule has 102 valence electrons. The largest absolute Gasteiger partial charge is 0.391 e. The Morgan fingerprint density at radius 3 is 2.74 bits per heavy atom. The Morgan fingerprint density at radius 2 is 2.16 bits per heavy atom. The predicted molar refractivity (Wildman–Crippen MR) is 68.7 cm³/mol. The van der Waals surface area contributed by atoms with Gasteiger partial charge in [-0.25, -0.2) is 4.79 Å². The third kappa shape index (κ3) is 3.00. The van der Waals surface area contributed by atoms with Gasteiger partial charge in [0.1, 0.15) is 0 Å². The minimum atomic E-state index is -0.575. The van der Waals surface area contributed by atoms with Crippen LogP contribution in [0.4, 0.5) is 0 Å². The molecule has 7 nitrogen and oxygen atoms in total. The molecule has 0 aromatic carbocycles. The Hall–Kier alpha value is -2.15. The Balaban J connectivity index is 2.17. The molecule has 1 unspecified atom stereocenters. The van der Waals surface area contributed by atoms with Crippen molar-refractivity contribution in [2.45, 2.75) is 19.4 Å². The molecule has 2 heterocycles. The van der Waals surface area contributed by atoms with Crippen LogP contribution in [0.5, 0.6) is 0 Å². The first-order valence-corrected chi connectivity index (χ1v) is 5.95. The number of aromatic nitrogens is 2. The van der Waals surface area contributed by atoms with Crippen LogP contribution in [0.15, 0.2) is 15.7 Å². The zero-order valence-corrected chi connectivity index (χ0v) is 10.5. The first-order valence-electron chi connectivity index (χ1n) is 5.95. The number of hydrogen-bond acceptors (Lipinski definition) is 4. The smallest absolute Gasteiger partial charge is 0.325 e. The second-order valence-corrected chi connectivity index (χ2v) is 4.51. The van der Waals surface area contributed by atoms with Crippen molar-refractivity contribution in [1.29, 1.82) is 0 Å². The maximum atomic E-state index is 11.8. The molecule has 1 atom stereocenters. The highest BCUT2D eigenvalue weighted by atomic mass is 16.3. The van der Waals surface area contributed by atoms with E-state index in [2.05, 4.69) is 9.97 Å². The van der Waals surface area contributed by atoms with Gasteiger partial charge in [0.25, 0.3) is 5.56 Å². The van der Waals surface area contributed by atoms with Crippen molar-refractivity contribution in [2.75, 3.05) is 13.1 Å². The number of aromatic amines is 2. The molecule has 0 saturated carbocycles. The van der Waals surface area contributed by atoms with Crippen LogP contribution in [0.1, 0.15) is 17.7 Å². The highest BCUT2D eigenvalue weighted by Crippen LogP contribution is 2.09. The van der Waals surface area contributed by atoms with E-state index in [0.717, 1.165) is 0 Å². The van der Waals surface area contributed by atoms with Crippen molar-refractivity contribution in [3.8, 4) is 0 Å². The molecule has 1 aromatic heterocycles. The number of amides is 1. The Bertz CT molecular complexity index is 629. The number of carbonyl (C=O) groups is 1. The lowest BCUT2D eigenvalue weighted by molar-refractivity contribution is -0.125. The van der Waals surface area contributed by atoms with Gasteiger partial charge in [0.2, 0.25) is 5.91 Å². The summed E-state index contributed by atoms with van der Waals surface area (Å²) in [6, 6.07) is 0.